The molecule has 0 aliphatic heterocycles. The molecular weight excluding hydrogens is 272 g/mol. The number of fused-ring (bicyclic) bond motifs is 1. The van der Waals surface area contributed by atoms with Crippen molar-refractivity contribution in [1.29, 1.82) is 0 Å². The molecule has 0 radical (unpaired) electrons. The van der Waals surface area contributed by atoms with E-state index in [1.807, 2.05) is 30.4 Å². The lowest BCUT2D eigenvalue weighted by molar-refractivity contribution is 0.269. The van der Waals surface area contributed by atoms with Crippen molar-refractivity contribution >= 4 is 22.1 Å². The van der Waals surface area contributed by atoms with Gasteiger partial charge >= 0.3 is 0 Å². The third-order valence-electron chi connectivity index (χ3n) is 3.39. The summed E-state index contributed by atoms with van der Waals surface area (Å²) in [5.41, 5.74) is 1.19. The van der Waals surface area contributed by atoms with Crippen LogP contribution in [0.3, 0.4) is 0 Å². The van der Waals surface area contributed by atoms with E-state index in [0.717, 1.165) is 23.0 Å². The maximum atomic E-state index is 9.35. The third kappa shape index (κ3) is 3.13. The Bertz CT molecular complexity index is 569. The summed E-state index contributed by atoms with van der Waals surface area (Å²) in [5.74, 6) is 0.940. The zero-order valence-electron chi connectivity index (χ0n) is 12.8. The molecule has 20 heavy (non-hydrogen) atoms. The summed E-state index contributed by atoms with van der Waals surface area (Å²) in [4.78, 5) is 7.73. The van der Waals surface area contributed by atoms with Crippen LogP contribution < -0.4 is 10.2 Å². The van der Waals surface area contributed by atoms with Gasteiger partial charge in [0.2, 0.25) is 0 Å². The molecule has 0 saturated heterocycles. The van der Waals surface area contributed by atoms with E-state index >= 15 is 0 Å². The predicted octanol–water partition coefficient (Wildman–Crippen LogP) is 2.10. The highest BCUT2D eigenvalue weighted by Gasteiger charge is 2.21. The molecule has 1 unspecified atom stereocenters. The van der Waals surface area contributed by atoms with Crippen LogP contribution in [0.2, 0.25) is 0 Å². The molecule has 0 spiro atoms. The second-order valence-corrected chi connectivity index (χ2v) is 7.06. The highest BCUT2D eigenvalue weighted by atomic mass is 32.1. The van der Waals surface area contributed by atoms with Crippen LogP contribution in [0.1, 0.15) is 33.4 Å². The van der Waals surface area contributed by atoms with Gasteiger partial charge in [0.15, 0.2) is 10.8 Å². The van der Waals surface area contributed by atoms with Crippen LogP contribution in [-0.4, -0.2) is 39.7 Å². The Labute approximate surface area is 124 Å². The van der Waals surface area contributed by atoms with E-state index in [1.165, 1.54) is 0 Å². The van der Waals surface area contributed by atoms with E-state index in [9.17, 15) is 5.11 Å². The van der Waals surface area contributed by atoms with Gasteiger partial charge in [0.05, 0.1) is 18.3 Å². The number of hydrogen-bond acceptors (Lipinski definition) is 5. The molecule has 112 valence electrons. The van der Waals surface area contributed by atoms with Crippen molar-refractivity contribution in [3.63, 3.8) is 0 Å². The quantitative estimate of drug-likeness (QED) is 0.887. The fraction of sp³-hybridized carbons (Fsp3) is 0.643. The van der Waals surface area contributed by atoms with Gasteiger partial charge in [-0.05, 0) is 27.7 Å². The van der Waals surface area contributed by atoms with Gasteiger partial charge in [0.25, 0.3) is 0 Å². The van der Waals surface area contributed by atoms with Crippen molar-refractivity contribution in [2.45, 2.75) is 45.8 Å². The standard InChI is InChI=1S/C14H24N4OS/c1-10(9-19)17(5)12-11(8-15-14(2,3)4)18-6-7-20-13(18)16-12/h6-7,10,15,19H,8-9H2,1-5H3. The van der Waals surface area contributed by atoms with E-state index in [0.29, 0.717) is 0 Å². The minimum Gasteiger partial charge on any atom is -0.394 e. The number of aromatic nitrogens is 2. The Hall–Kier alpha value is -1.11. The van der Waals surface area contributed by atoms with E-state index in [4.69, 9.17) is 4.98 Å². The summed E-state index contributed by atoms with van der Waals surface area (Å²) in [7, 11) is 1.98. The predicted molar refractivity (Wildman–Crippen MR) is 84.6 cm³/mol. The van der Waals surface area contributed by atoms with Gasteiger partial charge in [0.1, 0.15) is 0 Å². The molecule has 2 heterocycles. The molecule has 0 amide bonds. The number of aliphatic hydroxyl groups is 1. The lowest BCUT2D eigenvalue weighted by Gasteiger charge is -2.26. The Balaban J connectivity index is 2.35. The average molecular weight is 296 g/mol. The minimum absolute atomic E-state index is 0.0491. The van der Waals surface area contributed by atoms with Crippen LogP contribution in [0.5, 0.6) is 0 Å². The first-order chi connectivity index (χ1) is 9.33. The molecule has 0 fully saturated rings. The van der Waals surface area contributed by atoms with Crippen molar-refractivity contribution in [3.05, 3.63) is 17.3 Å². The number of anilines is 1. The monoisotopic (exact) mass is 296 g/mol. The summed E-state index contributed by atoms with van der Waals surface area (Å²) in [6.07, 6.45) is 2.05. The van der Waals surface area contributed by atoms with Gasteiger partial charge in [-0.15, -0.1) is 11.3 Å². The van der Waals surface area contributed by atoms with Crippen LogP contribution in [0.15, 0.2) is 11.6 Å². The van der Waals surface area contributed by atoms with Crippen LogP contribution in [0.25, 0.3) is 4.96 Å². The molecule has 2 aromatic heterocycles. The third-order valence-corrected chi connectivity index (χ3v) is 4.14. The number of likely N-dealkylation sites (N-methyl/N-ethyl adjacent to an activating group) is 1. The number of rotatable bonds is 5. The Morgan fingerprint density at radius 1 is 1.50 bits per heavy atom. The molecule has 5 nitrogen and oxygen atoms in total. The fourth-order valence-electron chi connectivity index (χ4n) is 1.95. The Kier molecular flexibility index (Phi) is 4.36. The Morgan fingerprint density at radius 3 is 2.80 bits per heavy atom. The molecule has 1 atom stereocenters. The second kappa shape index (κ2) is 5.71. The van der Waals surface area contributed by atoms with Gasteiger partial charge in [-0.3, -0.25) is 4.40 Å². The van der Waals surface area contributed by atoms with E-state index in [1.54, 1.807) is 11.3 Å². The van der Waals surface area contributed by atoms with Gasteiger partial charge in [-0.25, -0.2) is 4.98 Å². The summed E-state index contributed by atoms with van der Waals surface area (Å²) in [6.45, 7) is 9.32. The summed E-state index contributed by atoms with van der Waals surface area (Å²) >= 11 is 1.63. The van der Waals surface area contributed by atoms with Crippen molar-refractivity contribution in [3.8, 4) is 0 Å². The van der Waals surface area contributed by atoms with Gasteiger partial charge < -0.3 is 15.3 Å². The zero-order chi connectivity index (χ0) is 14.9. The SMILES string of the molecule is CC(CO)N(C)c1nc2sccn2c1CNC(C)(C)C. The minimum atomic E-state index is 0.0491. The molecule has 0 saturated carbocycles. The van der Waals surface area contributed by atoms with Crippen molar-refractivity contribution in [1.82, 2.24) is 14.7 Å². The first-order valence-corrected chi connectivity index (χ1v) is 7.74. The van der Waals surface area contributed by atoms with Crippen LogP contribution >= 0.6 is 11.3 Å². The summed E-state index contributed by atoms with van der Waals surface area (Å²) in [6, 6.07) is 0.0491. The molecular formula is C14H24N4OS. The van der Waals surface area contributed by atoms with Crippen molar-refractivity contribution < 1.29 is 5.11 Å². The van der Waals surface area contributed by atoms with E-state index in [2.05, 4.69) is 30.5 Å². The number of thiazole rings is 1. The summed E-state index contributed by atoms with van der Waals surface area (Å²) < 4.78 is 2.12. The number of nitrogens with zero attached hydrogens (tertiary/aromatic N) is 3. The van der Waals surface area contributed by atoms with Crippen LogP contribution in [0.4, 0.5) is 5.82 Å². The van der Waals surface area contributed by atoms with E-state index < -0.39 is 0 Å². The number of aliphatic hydroxyl groups excluding tert-OH is 1. The highest BCUT2D eigenvalue weighted by Crippen LogP contribution is 2.25. The Morgan fingerprint density at radius 2 is 2.20 bits per heavy atom. The average Bonchev–Trinajstić information content (AvgIpc) is 2.93. The molecule has 2 aromatic rings. The van der Waals surface area contributed by atoms with Crippen LogP contribution in [-0.2, 0) is 6.54 Å². The van der Waals surface area contributed by atoms with Crippen molar-refractivity contribution in [2.75, 3.05) is 18.6 Å². The fourth-order valence-corrected chi connectivity index (χ4v) is 2.68. The first-order valence-electron chi connectivity index (χ1n) is 6.86. The highest BCUT2D eigenvalue weighted by molar-refractivity contribution is 7.15. The zero-order valence-corrected chi connectivity index (χ0v) is 13.7. The normalized spacial score (nSPS) is 13.9. The maximum absolute atomic E-state index is 9.35. The molecule has 0 aliphatic carbocycles. The first kappa shape index (κ1) is 15.3. The lowest BCUT2D eigenvalue weighted by atomic mass is 10.1. The van der Waals surface area contributed by atoms with Crippen LogP contribution in [0, 0.1) is 0 Å². The molecule has 0 aromatic carbocycles. The largest absolute Gasteiger partial charge is 0.394 e. The van der Waals surface area contributed by atoms with Gasteiger partial charge in [0, 0.05) is 30.7 Å². The summed E-state index contributed by atoms with van der Waals surface area (Å²) in [5, 5.41) is 14.9. The molecule has 0 aliphatic rings. The smallest absolute Gasteiger partial charge is 0.195 e. The maximum Gasteiger partial charge on any atom is 0.195 e. The molecule has 2 rings (SSSR count). The van der Waals surface area contributed by atoms with Crippen molar-refractivity contribution in [2.24, 2.45) is 0 Å². The van der Waals surface area contributed by atoms with Gasteiger partial charge in [-0.2, -0.15) is 0 Å². The molecule has 2 N–H and O–H groups in total. The number of nitrogens with one attached hydrogen (secondary N) is 1. The van der Waals surface area contributed by atoms with E-state index in [-0.39, 0.29) is 18.2 Å². The molecule has 0 bridgehead atoms. The molecule has 6 heteroatoms. The van der Waals surface area contributed by atoms with Gasteiger partial charge in [-0.1, -0.05) is 0 Å². The lowest BCUT2D eigenvalue weighted by Crippen LogP contribution is -2.37. The number of imidazole rings is 1. The topological polar surface area (TPSA) is 52.8 Å². The number of hydrogen-bond donors (Lipinski definition) is 2. The second-order valence-electron chi connectivity index (χ2n) is 6.18.